The number of sulfonamides is 1. The molecule has 0 heterocycles. The van der Waals surface area contributed by atoms with E-state index in [2.05, 4.69) is 5.32 Å². The van der Waals surface area contributed by atoms with Crippen LogP contribution >= 0.6 is 11.6 Å². The standard InChI is InChI=1S/C18H22ClN3O4S/c1-22(11-12-26-16-7-5-14(19)6-8-16)10-9-18(23)21-15-3-2-4-17(13-15)27(20,24)25/h2-8,13H,9-12H2,1H3,(H,21,23)(H2,20,24,25). The number of hydrogen-bond acceptors (Lipinski definition) is 5. The van der Waals surface area contributed by atoms with E-state index in [4.69, 9.17) is 21.5 Å². The van der Waals surface area contributed by atoms with Gasteiger partial charge in [-0.25, -0.2) is 13.6 Å². The molecule has 2 aromatic carbocycles. The fourth-order valence-corrected chi connectivity index (χ4v) is 2.91. The van der Waals surface area contributed by atoms with E-state index in [1.54, 1.807) is 30.3 Å². The average Bonchev–Trinajstić information content (AvgIpc) is 2.61. The van der Waals surface area contributed by atoms with Crippen molar-refractivity contribution in [2.24, 2.45) is 5.14 Å². The minimum Gasteiger partial charge on any atom is -0.492 e. The summed E-state index contributed by atoms with van der Waals surface area (Å²) in [7, 11) is -1.91. The highest BCUT2D eigenvalue weighted by Gasteiger charge is 2.10. The summed E-state index contributed by atoms with van der Waals surface area (Å²) in [5.41, 5.74) is 0.389. The zero-order valence-electron chi connectivity index (χ0n) is 14.9. The van der Waals surface area contributed by atoms with Gasteiger partial charge in [0.05, 0.1) is 4.90 Å². The zero-order valence-corrected chi connectivity index (χ0v) is 16.5. The molecule has 0 unspecified atom stereocenters. The highest BCUT2D eigenvalue weighted by atomic mass is 35.5. The van der Waals surface area contributed by atoms with Gasteiger partial charge in [-0.05, 0) is 49.5 Å². The van der Waals surface area contributed by atoms with E-state index in [0.717, 1.165) is 5.75 Å². The topological polar surface area (TPSA) is 102 Å². The Hall–Kier alpha value is -2.13. The normalized spacial score (nSPS) is 11.4. The Kier molecular flexibility index (Phi) is 7.61. The molecule has 0 aromatic heterocycles. The Bertz CT molecular complexity index is 872. The second-order valence-corrected chi connectivity index (χ2v) is 7.97. The van der Waals surface area contributed by atoms with Crippen LogP contribution in [-0.4, -0.2) is 46.0 Å². The van der Waals surface area contributed by atoms with Gasteiger partial charge in [0.2, 0.25) is 15.9 Å². The van der Waals surface area contributed by atoms with Gasteiger partial charge in [-0.3, -0.25) is 4.79 Å². The van der Waals surface area contributed by atoms with Crippen LogP contribution in [0, 0.1) is 0 Å². The molecule has 2 rings (SSSR count). The van der Waals surface area contributed by atoms with Crippen molar-refractivity contribution in [2.75, 3.05) is 32.1 Å². The van der Waals surface area contributed by atoms with Gasteiger partial charge in [0.1, 0.15) is 12.4 Å². The van der Waals surface area contributed by atoms with Crippen molar-refractivity contribution in [3.05, 3.63) is 53.6 Å². The number of carbonyl (C=O) groups is 1. The van der Waals surface area contributed by atoms with Crippen molar-refractivity contribution in [3.63, 3.8) is 0 Å². The summed E-state index contributed by atoms with van der Waals surface area (Å²) in [6, 6.07) is 12.9. The number of nitrogens with zero attached hydrogens (tertiary/aromatic N) is 1. The van der Waals surface area contributed by atoms with E-state index in [9.17, 15) is 13.2 Å². The lowest BCUT2D eigenvalue weighted by Crippen LogP contribution is -2.28. The fourth-order valence-electron chi connectivity index (χ4n) is 2.23. The van der Waals surface area contributed by atoms with Crippen molar-refractivity contribution in [2.45, 2.75) is 11.3 Å². The molecular formula is C18H22ClN3O4S. The molecule has 7 nitrogen and oxygen atoms in total. The smallest absolute Gasteiger partial charge is 0.238 e. The maximum atomic E-state index is 12.0. The lowest BCUT2D eigenvalue weighted by Gasteiger charge is -2.17. The highest BCUT2D eigenvalue weighted by Crippen LogP contribution is 2.16. The Morgan fingerprint density at radius 1 is 1.19 bits per heavy atom. The Morgan fingerprint density at radius 2 is 1.89 bits per heavy atom. The third-order valence-electron chi connectivity index (χ3n) is 3.72. The first-order valence-corrected chi connectivity index (χ1v) is 10.2. The van der Waals surface area contributed by atoms with Crippen LogP contribution in [0.2, 0.25) is 5.02 Å². The van der Waals surface area contributed by atoms with Crippen LogP contribution in [0.15, 0.2) is 53.4 Å². The van der Waals surface area contributed by atoms with E-state index in [1.807, 2.05) is 11.9 Å². The van der Waals surface area contributed by atoms with E-state index in [0.29, 0.717) is 30.4 Å². The molecule has 1 amide bonds. The number of primary sulfonamides is 1. The molecule has 0 aliphatic heterocycles. The number of nitrogens with one attached hydrogen (secondary N) is 1. The summed E-state index contributed by atoms with van der Waals surface area (Å²) in [4.78, 5) is 14.0. The van der Waals surface area contributed by atoms with Crippen molar-refractivity contribution in [1.82, 2.24) is 4.90 Å². The Balaban J connectivity index is 1.72. The van der Waals surface area contributed by atoms with Crippen molar-refractivity contribution in [1.29, 1.82) is 0 Å². The number of carbonyl (C=O) groups excluding carboxylic acids is 1. The van der Waals surface area contributed by atoms with Crippen LogP contribution in [0.25, 0.3) is 0 Å². The highest BCUT2D eigenvalue weighted by molar-refractivity contribution is 7.89. The van der Waals surface area contributed by atoms with Crippen molar-refractivity contribution in [3.8, 4) is 5.75 Å². The van der Waals surface area contributed by atoms with Crippen LogP contribution in [0.3, 0.4) is 0 Å². The molecule has 0 aliphatic carbocycles. The Morgan fingerprint density at radius 3 is 2.56 bits per heavy atom. The van der Waals surface area contributed by atoms with Crippen molar-refractivity contribution >= 4 is 33.2 Å². The summed E-state index contributed by atoms with van der Waals surface area (Å²) in [5, 5.41) is 8.41. The van der Waals surface area contributed by atoms with E-state index < -0.39 is 10.0 Å². The molecule has 0 aliphatic rings. The zero-order chi connectivity index (χ0) is 19.9. The lowest BCUT2D eigenvalue weighted by molar-refractivity contribution is -0.116. The molecule has 3 N–H and O–H groups in total. The summed E-state index contributed by atoms with van der Waals surface area (Å²) >= 11 is 5.82. The SMILES string of the molecule is CN(CCOc1ccc(Cl)cc1)CCC(=O)Nc1cccc(S(N)(=O)=O)c1. The van der Waals surface area contributed by atoms with Gasteiger partial charge in [0.15, 0.2) is 0 Å². The van der Waals surface area contributed by atoms with E-state index in [1.165, 1.54) is 18.2 Å². The molecular weight excluding hydrogens is 390 g/mol. The van der Waals surface area contributed by atoms with Gasteiger partial charge in [0, 0.05) is 30.2 Å². The second kappa shape index (κ2) is 9.70. The quantitative estimate of drug-likeness (QED) is 0.659. The molecule has 0 atom stereocenters. The van der Waals surface area contributed by atoms with Crippen LogP contribution in [0.1, 0.15) is 6.42 Å². The molecule has 146 valence electrons. The molecule has 0 spiro atoms. The lowest BCUT2D eigenvalue weighted by atomic mass is 10.3. The Labute approximate surface area is 164 Å². The fraction of sp³-hybridized carbons (Fsp3) is 0.278. The van der Waals surface area contributed by atoms with Gasteiger partial charge in [-0.2, -0.15) is 0 Å². The predicted octanol–water partition coefficient (Wildman–Crippen LogP) is 2.33. The summed E-state index contributed by atoms with van der Waals surface area (Å²) in [6.07, 6.45) is 0.261. The van der Waals surface area contributed by atoms with Crippen molar-refractivity contribution < 1.29 is 17.9 Å². The van der Waals surface area contributed by atoms with Gasteiger partial charge < -0.3 is 15.0 Å². The molecule has 0 saturated heterocycles. The predicted molar refractivity (Wildman–Crippen MR) is 106 cm³/mol. The minimum atomic E-state index is -3.80. The molecule has 27 heavy (non-hydrogen) atoms. The molecule has 0 bridgehead atoms. The number of anilines is 1. The van der Waals surface area contributed by atoms with Crippen LogP contribution in [-0.2, 0) is 14.8 Å². The van der Waals surface area contributed by atoms with Gasteiger partial charge >= 0.3 is 0 Å². The van der Waals surface area contributed by atoms with E-state index in [-0.39, 0.29) is 17.2 Å². The monoisotopic (exact) mass is 411 g/mol. The largest absolute Gasteiger partial charge is 0.492 e. The molecule has 0 radical (unpaired) electrons. The molecule has 0 saturated carbocycles. The number of rotatable bonds is 9. The average molecular weight is 412 g/mol. The first kappa shape index (κ1) is 21.2. The van der Waals surface area contributed by atoms with Crippen LogP contribution in [0.5, 0.6) is 5.75 Å². The molecule has 9 heteroatoms. The van der Waals surface area contributed by atoms with Gasteiger partial charge in [-0.15, -0.1) is 0 Å². The second-order valence-electron chi connectivity index (χ2n) is 5.98. The maximum absolute atomic E-state index is 12.0. The maximum Gasteiger partial charge on any atom is 0.238 e. The molecule has 2 aromatic rings. The van der Waals surface area contributed by atoms with Crippen LogP contribution in [0.4, 0.5) is 5.69 Å². The number of halogens is 1. The van der Waals surface area contributed by atoms with Crippen LogP contribution < -0.4 is 15.2 Å². The number of nitrogens with two attached hydrogens (primary N) is 1. The van der Waals surface area contributed by atoms with E-state index >= 15 is 0 Å². The third kappa shape index (κ3) is 7.56. The number of likely N-dealkylation sites (N-methyl/N-ethyl adjacent to an activating group) is 1. The minimum absolute atomic E-state index is 0.0447. The first-order chi connectivity index (χ1) is 12.7. The number of benzene rings is 2. The summed E-state index contributed by atoms with van der Waals surface area (Å²) in [6.45, 7) is 1.66. The number of amides is 1. The van der Waals surface area contributed by atoms with Gasteiger partial charge in [-0.1, -0.05) is 17.7 Å². The first-order valence-electron chi connectivity index (χ1n) is 8.24. The number of ether oxygens (including phenoxy) is 1. The summed E-state index contributed by atoms with van der Waals surface area (Å²) < 4.78 is 28.3. The number of hydrogen-bond donors (Lipinski definition) is 2. The summed E-state index contributed by atoms with van der Waals surface area (Å²) in [5.74, 6) is 0.521. The third-order valence-corrected chi connectivity index (χ3v) is 4.89. The van der Waals surface area contributed by atoms with Gasteiger partial charge in [0.25, 0.3) is 0 Å². The molecule has 0 fully saturated rings.